The van der Waals surface area contributed by atoms with Crippen LogP contribution >= 0.6 is 0 Å². The Morgan fingerprint density at radius 2 is 1.02 bits per heavy atom. The van der Waals surface area contributed by atoms with Crippen LogP contribution in [-0.4, -0.2) is 4.98 Å². The van der Waals surface area contributed by atoms with Gasteiger partial charge in [0.25, 0.3) is 0 Å². The van der Waals surface area contributed by atoms with Gasteiger partial charge in [-0.15, -0.1) is 0 Å². The van der Waals surface area contributed by atoms with Gasteiger partial charge < -0.3 is 4.42 Å². The molecule has 0 atom stereocenters. The number of fused-ring (bicyclic) bond motifs is 10. The van der Waals surface area contributed by atoms with E-state index in [4.69, 9.17) is 9.40 Å². The second kappa shape index (κ2) is 9.76. The van der Waals surface area contributed by atoms with Gasteiger partial charge >= 0.3 is 0 Å². The number of para-hydroxylation sites is 1. The summed E-state index contributed by atoms with van der Waals surface area (Å²) in [6, 6.07) is 56.6. The predicted molar refractivity (Wildman–Crippen MR) is 190 cm³/mol. The molecule has 0 saturated carbocycles. The van der Waals surface area contributed by atoms with Gasteiger partial charge in [-0.25, -0.2) is 4.98 Å². The van der Waals surface area contributed by atoms with E-state index in [9.17, 15) is 0 Å². The minimum atomic E-state index is 0.167. The molecule has 0 saturated heterocycles. The molecule has 1 aliphatic rings. The Labute approximate surface area is 266 Å². The maximum atomic E-state index is 6.36. The highest BCUT2D eigenvalue weighted by Crippen LogP contribution is 2.50. The van der Waals surface area contributed by atoms with Crippen LogP contribution in [0, 0.1) is 0 Å². The third-order valence-electron chi connectivity index (χ3n) is 9.76. The van der Waals surface area contributed by atoms with Gasteiger partial charge in [0.05, 0.1) is 11.2 Å². The molecule has 10 rings (SSSR count). The fraction of sp³-hybridized carbons (Fsp3) is 0.0227. The largest absolute Gasteiger partial charge is 0.456 e. The van der Waals surface area contributed by atoms with Crippen molar-refractivity contribution >= 4 is 43.6 Å². The van der Waals surface area contributed by atoms with Crippen molar-refractivity contribution in [2.45, 2.75) is 5.92 Å². The molecule has 0 spiro atoms. The molecule has 0 radical (unpaired) electrons. The second-order valence-corrected chi connectivity index (χ2v) is 12.2. The number of hydrogen-bond donors (Lipinski definition) is 0. The Morgan fingerprint density at radius 3 is 1.78 bits per heavy atom. The fourth-order valence-electron chi connectivity index (χ4n) is 7.80. The molecule has 1 aliphatic carbocycles. The minimum Gasteiger partial charge on any atom is -0.456 e. The first-order valence-electron chi connectivity index (χ1n) is 15.8. The number of pyridine rings is 1. The van der Waals surface area contributed by atoms with Gasteiger partial charge in [0.2, 0.25) is 0 Å². The quantitative estimate of drug-likeness (QED) is 0.193. The van der Waals surface area contributed by atoms with Crippen LogP contribution in [0.3, 0.4) is 0 Å². The van der Waals surface area contributed by atoms with E-state index in [2.05, 4.69) is 152 Å². The Balaban J connectivity index is 1.26. The van der Waals surface area contributed by atoms with Crippen LogP contribution in [0.4, 0.5) is 0 Å². The average Bonchev–Trinajstić information content (AvgIpc) is 3.67. The highest BCUT2D eigenvalue weighted by atomic mass is 16.3. The Hall–Kier alpha value is -5.99. The maximum Gasteiger partial charge on any atom is 0.136 e. The topological polar surface area (TPSA) is 26.0 Å². The van der Waals surface area contributed by atoms with Gasteiger partial charge in [0.1, 0.15) is 11.2 Å². The fourth-order valence-corrected chi connectivity index (χ4v) is 7.80. The smallest absolute Gasteiger partial charge is 0.136 e. The zero-order valence-electron chi connectivity index (χ0n) is 24.9. The lowest BCUT2D eigenvalue weighted by molar-refractivity contribution is 0.669. The van der Waals surface area contributed by atoms with Crippen molar-refractivity contribution in [2.75, 3.05) is 0 Å². The lowest BCUT2D eigenvalue weighted by Gasteiger charge is -2.19. The van der Waals surface area contributed by atoms with Gasteiger partial charge in [-0.2, -0.15) is 0 Å². The number of aromatic nitrogens is 1. The SMILES string of the molecule is c1ccc(-c2nc3cc(-c4ccccc4C4c5ccccc5-c5ccccc54)ccc3c3c2ccc2oc4ccccc4c23)cc1. The molecule has 2 heteroatoms. The molecular formula is C44H27NO. The summed E-state index contributed by atoms with van der Waals surface area (Å²) in [5.41, 5.74) is 14.0. The predicted octanol–water partition coefficient (Wildman–Crippen LogP) is 11.8. The number of furan rings is 1. The van der Waals surface area contributed by atoms with Crippen LogP contribution in [0.15, 0.2) is 162 Å². The van der Waals surface area contributed by atoms with Crippen LogP contribution in [0.5, 0.6) is 0 Å². The lowest BCUT2D eigenvalue weighted by Crippen LogP contribution is -2.01. The van der Waals surface area contributed by atoms with Gasteiger partial charge in [-0.05, 0) is 63.2 Å². The summed E-state index contributed by atoms with van der Waals surface area (Å²) >= 11 is 0. The van der Waals surface area contributed by atoms with Crippen LogP contribution in [0.25, 0.3) is 77.1 Å². The Kier molecular flexibility index (Phi) is 5.38. The zero-order valence-corrected chi connectivity index (χ0v) is 24.9. The third kappa shape index (κ3) is 3.61. The van der Waals surface area contributed by atoms with E-state index < -0.39 is 0 Å². The molecule has 0 amide bonds. The van der Waals surface area contributed by atoms with Gasteiger partial charge in [-0.1, -0.05) is 133 Å². The Bertz CT molecular complexity index is 2600. The molecule has 0 aliphatic heterocycles. The molecule has 0 fully saturated rings. The van der Waals surface area contributed by atoms with Gasteiger partial charge in [-0.3, -0.25) is 0 Å². The second-order valence-electron chi connectivity index (χ2n) is 12.2. The average molecular weight is 586 g/mol. The van der Waals surface area contributed by atoms with Crippen molar-refractivity contribution in [3.8, 4) is 33.5 Å². The highest BCUT2D eigenvalue weighted by Gasteiger charge is 2.31. The molecule has 0 unspecified atom stereocenters. The summed E-state index contributed by atoms with van der Waals surface area (Å²) in [5.74, 6) is 0.167. The van der Waals surface area contributed by atoms with Gasteiger partial charge in [0, 0.05) is 38.4 Å². The van der Waals surface area contributed by atoms with Crippen molar-refractivity contribution in [3.05, 3.63) is 174 Å². The van der Waals surface area contributed by atoms with E-state index in [0.29, 0.717) is 0 Å². The van der Waals surface area contributed by atoms with E-state index in [1.54, 1.807) is 0 Å². The van der Waals surface area contributed by atoms with E-state index in [1.165, 1.54) is 44.3 Å². The minimum absolute atomic E-state index is 0.167. The van der Waals surface area contributed by atoms with Crippen LogP contribution in [0.1, 0.15) is 22.6 Å². The first-order chi connectivity index (χ1) is 22.8. The molecule has 2 aromatic heterocycles. The van der Waals surface area contributed by atoms with Crippen LogP contribution in [0.2, 0.25) is 0 Å². The molecule has 46 heavy (non-hydrogen) atoms. The van der Waals surface area contributed by atoms with Gasteiger partial charge in [0.15, 0.2) is 0 Å². The number of benzene rings is 7. The zero-order chi connectivity index (χ0) is 30.2. The van der Waals surface area contributed by atoms with E-state index in [-0.39, 0.29) is 5.92 Å². The number of nitrogens with zero attached hydrogens (tertiary/aromatic N) is 1. The van der Waals surface area contributed by atoms with Crippen molar-refractivity contribution in [1.82, 2.24) is 4.98 Å². The monoisotopic (exact) mass is 585 g/mol. The normalized spacial score (nSPS) is 12.7. The molecule has 214 valence electrons. The first-order valence-corrected chi connectivity index (χ1v) is 15.8. The lowest BCUT2D eigenvalue weighted by atomic mass is 9.84. The van der Waals surface area contributed by atoms with Crippen LogP contribution in [-0.2, 0) is 0 Å². The van der Waals surface area contributed by atoms with Crippen molar-refractivity contribution in [2.24, 2.45) is 0 Å². The summed E-state index contributed by atoms with van der Waals surface area (Å²) in [5, 5.41) is 5.71. The molecule has 7 aromatic carbocycles. The molecule has 2 heterocycles. The van der Waals surface area contributed by atoms with E-state index >= 15 is 0 Å². The summed E-state index contributed by atoms with van der Waals surface area (Å²) in [6.45, 7) is 0. The van der Waals surface area contributed by atoms with Crippen molar-refractivity contribution in [3.63, 3.8) is 0 Å². The maximum absolute atomic E-state index is 6.36. The van der Waals surface area contributed by atoms with Crippen LogP contribution < -0.4 is 0 Å². The molecule has 0 bridgehead atoms. The van der Waals surface area contributed by atoms with E-state index in [1.807, 2.05) is 6.07 Å². The molecule has 0 N–H and O–H groups in total. The van der Waals surface area contributed by atoms with Crippen molar-refractivity contribution in [1.29, 1.82) is 0 Å². The number of hydrogen-bond acceptors (Lipinski definition) is 2. The third-order valence-corrected chi connectivity index (χ3v) is 9.76. The summed E-state index contributed by atoms with van der Waals surface area (Å²) < 4.78 is 6.36. The molecular weight excluding hydrogens is 558 g/mol. The summed E-state index contributed by atoms with van der Waals surface area (Å²) in [4.78, 5) is 5.40. The highest BCUT2D eigenvalue weighted by molar-refractivity contribution is 6.28. The van der Waals surface area contributed by atoms with E-state index in [0.717, 1.165) is 49.5 Å². The van der Waals surface area contributed by atoms with Crippen molar-refractivity contribution < 1.29 is 4.42 Å². The number of rotatable bonds is 3. The standard InChI is InChI=1S/C44H27NO/c1-2-12-27(13-3-1)44-37-24-25-40-43(36-20-10-11-21-39(36)46-40)42(37)35-23-22-28(26-38(35)45-44)29-14-4-7-17-32(29)41-33-18-8-5-15-30(33)31-16-6-9-19-34(31)41/h1-26,41H. The summed E-state index contributed by atoms with van der Waals surface area (Å²) in [6.07, 6.45) is 0. The Morgan fingerprint density at radius 1 is 0.413 bits per heavy atom. The molecule has 9 aromatic rings. The first kappa shape index (κ1) is 25.3. The molecule has 2 nitrogen and oxygen atoms in total. The summed E-state index contributed by atoms with van der Waals surface area (Å²) in [7, 11) is 0.